The summed E-state index contributed by atoms with van der Waals surface area (Å²) in [7, 11) is 15.5. The van der Waals surface area contributed by atoms with Gasteiger partial charge in [-0.15, -0.1) is 0 Å². The molecule has 0 aromatic carbocycles. The lowest BCUT2D eigenvalue weighted by molar-refractivity contribution is 0.475. The molecule has 0 aliphatic heterocycles. The minimum Gasteiger partial charge on any atom is -0.273 e. The topological polar surface area (TPSA) is 25.3 Å². The fourth-order valence-corrected chi connectivity index (χ4v) is 6.98. The summed E-state index contributed by atoms with van der Waals surface area (Å²) in [5, 5.41) is 0. The number of rotatable bonds is 5. The maximum absolute atomic E-state index is 4.90. The maximum Gasteiger partial charge on any atom is 0.170 e. The highest BCUT2D eigenvalue weighted by atomic mass is 31.2. The zero-order chi connectivity index (χ0) is 12.2. The Morgan fingerprint density at radius 3 is 1.27 bits per heavy atom. The van der Waals surface area contributed by atoms with Gasteiger partial charge in [0.2, 0.25) is 0 Å². The standard InChI is InChI=1S/C8H25N5P2/c1-10(2)14-9-15(11(3)4,12(5)6)13(7)8/h14H,1-8H3. The van der Waals surface area contributed by atoms with E-state index < -0.39 is 7.51 Å². The lowest BCUT2D eigenvalue weighted by Crippen LogP contribution is -2.30. The maximum atomic E-state index is 4.90. The average molecular weight is 253 g/mol. The molecule has 0 saturated carbocycles. The van der Waals surface area contributed by atoms with Crippen molar-refractivity contribution in [1.82, 2.24) is 18.7 Å². The summed E-state index contributed by atoms with van der Waals surface area (Å²) in [5.41, 5.74) is 0. The monoisotopic (exact) mass is 253 g/mol. The van der Waals surface area contributed by atoms with Gasteiger partial charge in [-0.3, -0.25) is 18.7 Å². The Labute approximate surface area is 96.5 Å². The predicted octanol–water partition coefficient (Wildman–Crippen LogP) is 1.69. The lowest BCUT2D eigenvalue weighted by Gasteiger charge is -2.41. The van der Waals surface area contributed by atoms with Crippen LogP contribution in [-0.4, -0.2) is 75.1 Å². The number of hydrogen-bond acceptors (Lipinski definition) is 2. The van der Waals surface area contributed by atoms with E-state index in [1.165, 1.54) is 0 Å². The highest BCUT2D eigenvalue weighted by Gasteiger charge is 2.27. The van der Waals surface area contributed by atoms with E-state index in [2.05, 4.69) is 75.1 Å². The van der Waals surface area contributed by atoms with Gasteiger partial charge in [0.1, 0.15) is 0 Å². The second-order valence-electron chi connectivity index (χ2n) is 4.17. The smallest absolute Gasteiger partial charge is 0.170 e. The van der Waals surface area contributed by atoms with Gasteiger partial charge in [-0.1, -0.05) is 0 Å². The molecule has 0 aliphatic carbocycles. The van der Waals surface area contributed by atoms with Gasteiger partial charge in [0, 0.05) is 0 Å². The van der Waals surface area contributed by atoms with Gasteiger partial charge >= 0.3 is 0 Å². The van der Waals surface area contributed by atoms with E-state index in [1.54, 1.807) is 0 Å². The van der Waals surface area contributed by atoms with E-state index in [0.717, 1.165) is 0 Å². The van der Waals surface area contributed by atoms with Crippen LogP contribution in [-0.2, 0) is 0 Å². The van der Waals surface area contributed by atoms with Crippen molar-refractivity contribution in [3.8, 4) is 0 Å². The summed E-state index contributed by atoms with van der Waals surface area (Å²) in [6.45, 7) is 0. The van der Waals surface area contributed by atoms with Crippen molar-refractivity contribution < 1.29 is 0 Å². The molecule has 5 nitrogen and oxygen atoms in total. The van der Waals surface area contributed by atoms with Crippen LogP contribution in [0.25, 0.3) is 0 Å². The Hall–Kier alpha value is 0.500. The molecule has 0 aromatic rings. The third-order valence-corrected chi connectivity index (χ3v) is 7.04. The summed E-state index contributed by atoms with van der Waals surface area (Å²) in [5.74, 6) is 0. The van der Waals surface area contributed by atoms with Gasteiger partial charge in [0.15, 0.2) is 7.51 Å². The molecule has 0 rings (SSSR count). The SMILES string of the molecule is CN(C)PN=P(N(C)C)(N(C)C)N(C)C. The molecule has 1 unspecified atom stereocenters. The third-order valence-electron chi connectivity index (χ3n) is 1.99. The van der Waals surface area contributed by atoms with Crippen LogP contribution in [0.1, 0.15) is 0 Å². The second-order valence-corrected chi connectivity index (χ2v) is 9.54. The molecule has 0 N–H and O–H groups in total. The molecule has 0 aromatic heterocycles. The van der Waals surface area contributed by atoms with E-state index in [-0.39, 0.29) is 0 Å². The summed E-state index contributed by atoms with van der Waals surface area (Å²) in [6.07, 6.45) is 0. The Morgan fingerprint density at radius 2 is 1.07 bits per heavy atom. The van der Waals surface area contributed by atoms with Gasteiger partial charge in [-0.2, -0.15) is 0 Å². The average Bonchev–Trinajstić information content (AvgIpc) is 2.02. The molecule has 0 fully saturated rings. The Morgan fingerprint density at radius 1 is 0.733 bits per heavy atom. The molecule has 0 amide bonds. The van der Waals surface area contributed by atoms with Gasteiger partial charge in [-0.05, 0) is 56.4 Å². The first-order valence-corrected chi connectivity index (χ1v) is 7.32. The molecule has 0 radical (unpaired) electrons. The van der Waals surface area contributed by atoms with Crippen molar-refractivity contribution in [2.24, 2.45) is 4.52 Å². The van der Waals surface area contributed by atoms with E-state index in [1.807, 2.05) is 0 Å². The Bertz CT molecular complexity index is 209. The van der Waals surface area contributed by atoms with E-state index in [0.29, 0.717) is 8.88 Å². The van der Waals surface area contributed by atoms with Crippen molar-refractivity contribution in [3.05, 3.63) is 0 Å². The zero-order valence-electron chi connectivity index (χ0n) is 11.2. The molecule has 0 heterocycles. The lowest BCUT2D eigenvalue weighted by atomic mass is 11.2. The summed E-state index contributed by atoms with van der Waals surface area (Å²) in [4.78, 5) is 0. The normalized spacial score (nSPS) is 14.1. The van der Waals surface area contributed by atoms with Crippen molar-refractivity contribution in [1.29, 1.82) is 0 Å². The van der Waals surface area contributed by atoms with E-state index >= 15 is 0 Å². The van der Waals surface area contributed by atoms with Crippen molar-refractivity contribution in [3.63, 3.8) is 0 Å². The number of nitrogens with zero attached hydrogens (tertiary/aromatic N) is 5. The third kappa shape index (κ3) is 3.77. The van der Waals surface area contributed by atoms with Crippen LogP contribution in [0.5, 0.6) is 0 Å². The molecule has 7 heteroatoms. The highest BCUT2D eigenvalue weighted by Crippen LogP contribution is 2.57. The minimum absolute atomic E-state index is 0.501. The molecule has 15 heavy (non-hydrogen) atoms. The van der Waals surface area contributed by atoms with Crippen molar-refractivity contribution in [2.45, 2.75) is 0 Å². The molecule has 0 bridgehead atoms. The molecule has 1 atom stereocenters. The van der Waals surface area contributed by atoms with Gasteiger partial charge in [0.05, 0.1) is 8.88 Å². The Balaban J connectivity index is 5.23. The van der Waals surface area contributed by atoms with E-state index in [9.17, 15) is 0 Å². The largest absolute Gasteiger partial charge is 0.273 e. The van der Waals surface area contributed by atoms with E-state index in [4.69, 9.17) is 4.52 Å². The summed E-state index contributed by atoms with van der Waals surface area (Å²) in [6, 6.07) is 0. The molecule has 0 aliphatic rings. The van der Waals surface area contributed by atoms with Crippen LogP contribution in [0, 0.1) is 0 Å². The van der Waals surface area contributed by atoms with Crippen LogP contribution in [0.4, 0.5) is 0 Å². The molecular weight excluding hydrogens is 228 g/mol. The van der Waals surface area contributed by atoms with Crippen LogP contribution in [0.15, 0.2) is 4.52 Å². The molecular formula is C8H25N5P2. The predicted molar refractivity (Wildman–Crippen MR) is 72.4 cm³/mol. The summed E-state index contributed by atoms with van der Waals surface area (Å²) >= 11 is 0. The number of hydrogen-bond donors (Lipinski definition) is 0. The fourth-order valence-electron chi connectivity index (χ4n) is 1.49. The first-order chi connectivity index (χ1) is 6.75. The van der Waals surface area contributed by atoms with Crippen molar-refractivity contribution in [2.75, 3.05) is 56.4 Å². The highest BCUT2D eigenvalue weighted by molar-refractivity contribution is 7.63. The summed E-state index contributed by atoms with van der Waals surface area (Å²) < 4.78 is 13.7. The molecule has 0 saturated heterocycles. The van der Waals surface area contributed by atoms with Crippen LogP contribution in [0.2, 0.25) is 0 Å². The molecule has 0 spiro atoms. The Kier molecular flexibility index (Phi) is 6.50. The van der Waals surface area contributed by atoms with Crippen LogP contribution < -0.4 is 0 Å². The quantitative estimate of drug-likeness (QED) is 0.696. The van der Waals surface area contributed by atoms with Crippen LogP contribution in [0.3, 0.4) is 0 Å². The first-order valence-electron chi connectivity index (χ1n) is 4.82. The molecule has 92 valence electrons. The van der Waals surface area contributed by atoms with Gasteiger partial charge < -0.3 is 0 Å². The minimum atomic E-state index is -1.67. The fraction of sp³-hybridized carbons (Fsp3) is 1.00. The zero-order valence-corrected chi connectivity index (χ0v) is 13.1. The van der Waals surface area contributed by atoms with Crippen LogP contribution >= 0.6 is 16.4 Å². The van der Waals surface area contributed by atoms with Crippen molar-refractivity contribution >= 4 is 16.4 Å². The van der Waals surface area contributed by atoms with Gasteiger partial charge in [-0.25, -0.2) is 4.52 Å². The first kappa shape index (κ1) is 15.5. The second kappa shape index (κ2) is 6.29. The van der Waals surface area contributed by atoms with Gasteiger partial charge in [0.25, 0.3) is 0 Å².